The molecule has 0 amide bonds. The third kappa shape index (κ3) is 2.74. The highest BCUT2D eigenvalue weighted by Crippen LogP contribution is 2.25. The molecule has 102 valence electrons. The fourth-order valence-corrected chi connectivity index (χ4v) is 4.73. The number of nitrogens with one attached hydrogen (secondary N) is 1. The number of rotatable bonds is 4. The SMILES string of the molecule is CNCc1cc(S(=O)(=O)N2CCSCC2)c(C)o1. The first-order chi connectivity index (χ1) is 8.55. The molecule has 0 radical (unpaired) electrons. The van der Waals surface area contributed by atoms with Gasteiger partial charge in [0, 0.05) is 30.7 Å². The van der Waals surface area contributed by atoms with Crippen molar-refractivity contribution in [2.24, 2.45) is 0 Å². The molecule has 1 aliphatic heterocycles. The van der Waals surface area contributed by atoms with Crippen molar-refractivity contribution in [3.63, 3.8) is 0 Å². The van der Waals surface area contributed by atoms with Crippen molar-refractivity contribution in [2.45, 2.75) is 18.4 Å². The molecule has 1 aromatic rings. The summed E-state index contributed by atoms with van der Waals surface area (Å²) in [5, 5.41) is 2.95. The lowest BCUT2D eigenvalue weighted by Gasteiger charge is -2.25. The van der Waals surface area contributed by atoms with Gasteiger partial charge in [-0.15, -0.1) is 0 Å². The molecule has 0 saturated carbocycles. The molecule has 0 atom stereocenters. The Morgan fingerprint density at radius 3 is 2.72 bits per heavy atom. The highest BCUT2D eigenvalue weighted by Gasteiger charge is 2.29. The average Bonchev–Trinajstić information content (AvgIpc) is 2.73. The topological polar surface area (TPSA) is 62.6 Å². The van der Waals surface area contributed by atoms with E-state index in [1.807, 2.05) is 0 Å². The van der Waals surface area contributed by atoms with E-state index in [0.29, 0.717) is 36.1 Å². The van der Waals surface area contributed by atoms with Crippen molar-refractivity contribution in [3.05, 3.63) is 17.6 Å². The highest BCUT2D eigenvalue weighted by molar-refractivity contribution is 7.99. The van der Waals surface area contributed by atoms with Gasteiger partial charge in [-0.1, -0.05) is 0 Å². The first-order valence-electron chi connectivity index (χ1n) is 5.87. The summed E-state index contributed by atoms with van der Waals surface area (Å²) in [7, 11) is -1.59. The minimum absolute atomic E-state index is 0.305. The second kappa shape index (κ2) is 5.64. The Kier molecular flexibility index (Phi) is 4.37. The van der Waals surface area contributed by atoms with Crippen LogP contribution in [-0.2, 0) is 16.6 Å². The Morgan fingerprint density at radius 2 is 2.11 bits per heavy atom. The van der Waals surface area contributed by atoms with E-state index in [2.05, 4.69) is 5.32 Å². The second-order valence-corrected chi connectivity index (χ2v) is 7.31. The number of hydrogen-bond donors (Lipinski definition) is 1. The number of thioether (sulfide) groups is 1. The zero-order chi connectivity index (χ0) is 13.2. The third-order valence-electron chi connectivity index (χ3n) is 2.86. The lowest BCUT2D eigenvalue weighted by atomic mass is 10.4. The van der Waals surface area contributed by atoms with Gasteiger partial charge in [0.15, 0.2) is 0 Å². The van der Waals surface area contributed by atoms with Crippen molar-refractivity contribution in [1.29, 1.82) is 0 Å². The zero-order valence-electron chi connectivity index (χ0n) is 10.6. The predicted octanol–water partition coefficient (Wildman–Crippen LogP) is 1.04. The van der Waals surface area contributed by atoms with Crippen LogP contribution in [0, 0.1) is 6.92 Å². The van der Waals surface area contributed by atoms with Gasteiger partial charge in [-0.2, -0.15) is 16.1 Å². The minimum atomic E-state index is -3.39. The third-order valence-corrected chi connectivity index (χ3v) is 5.81. The molecule has 0 aromatic carbocycles. The molecule has 1 saturated heterocycles. The molecule has 0 unspecified atom stereocenters. The minimum Gasteiger partial charge on any atom is -0.464 e. The number of nitrogens with zero attached hydrogens (tertiary/aromatic N) is 1. The lowest BCUT2D eigenvalue weighted by Crippen LogP contribution is -2.37. The van der Waals surface area contributed by atoms with Gasteiger partial charge in [0.05, 0.1) is 6.54 Å². The second-order valence-electron chi connectivity index (χ2n) is 4.18. The van der Waals surface area contributed by atoms with Gasteiger partial charge in [-0.05, 0) is 14.0 Å². The van der Waals surface area contributed by atoms with Gasteiger partial charge in [-0.25, -0.2) is 8.42 Å². The van der Waals surface area contributed by atoms with Gasteiger partial charge in [0.25, 0.3) is 0 Å². The highest BCUT2D eigenvalue weighted by atomic mass is 32.2. The van der Waals surface area contributed by atoms with Gasteiger partial charge >= 0.3 is 0 Å². The Balaban J connectivity index is 2.28. The van der Waals surface area contributed by atoms with E-state index in [0.717, 1.165) is 11.5 Å². The molecule has 1 aromatic heterocycles. The molecule has 0 aliphatic carbocycles. The van der Waals surface area contributed by atoms with E-state index in [4.69, 9.17) is 4.42 Å². The van der Waals surface area contributed by atoms with Crippen LogP contribution in [0.1, 0.15) is 11.5 Å². The van der Waals surface area contributed by atoms with E-state index < -0.39 is 10.0 Å². The van der Waals surface area contributed by atoms with Gasteiger partial charge < -0.3 is 9.73 Å². The van der Waals surface area contributed by atoms with Crippen LogP contribution < -0.4 is 5.32 Å². The first kappa shape index (κ1) is 13.9. The van der Waals surface area contributed by atoms with Crippen LogP contribution in [0.2, 0.25) is 0 Å². The summed E-state index contributed by atoms with van der Waals surface area (Å²) in [5.41, 5.74) is 0. The Morgan fingerprint density at radius 1 is 1.44 bits per heavy atom. The van der Waals surface area contributed by atoms with Crippen LogP contribution in [0.3, 0.4) is 0 Å². The van der Waals surface area contributed by atoms with Crippen molar-refractivity contribution in [2.75, 3.05) is 31.6 Å². The molecule has 7 heteroatoms. The Labute approximate surface area is 112 Å². The summed E-state index contributed by atoms with van der Waals surface area (Å²) < 4.78 is 31.9. The standard InChI is InChI=1S/C11H18N2O3S2/c1-9-11(7-10(16-9)8-12-2)18(14,15)13-3-5-17-6-4-13/h7,12H,3-6,8H2,1-2H3. The molecule has 2 heterocycles. The van der Waals surface area contributed by atoms with Crippen molar-refractivity contribution in [1.82, 2.24) is 9.62 Å². The van der Waals surface area contributed by atoms with Crippen LogP contribution in [0.4, 0.5) is 0 Å². The predicted molar refractivity (Wildman–Crippen MR) is 72.3 cm³/mol. The molecule has 0 spiro atoms. The fourth-order valence-electron chi connectivity index (χ4n) is 1.97. The first-order valence-corrected chi connectivity index (χ1v) is 8.47. The van der Waals surface area contributed by atoms with Gasteiger partial charge in [0.2, 0.25) is 10.0 Å². The summed E-state index contributed by atoms with van der Waals surface area (Å²) in [5.74, 6) is 2.84. The van der Waals surface area contributed by atoms with Crippen LogP contribution in [0.15, 0.2) is 15.4 Å². The van der Waals surface area contributed by atoms with Crippen LogP contribution >= 0.6 is 11.8 Å². The van der Waals surface area contributed by atoms with Crippen molar-refractivity contribution in [3.8, 4) is 0 Å². The molecule has 1 N–H and O–H groups in total. The molecule has 1 aliphatic rings. The van der Waals surface area contributed by atoms with E-state index in [1.54, 1.807) is 36.1 Å². The zero-order valence-corrected chi connectivity index (χ0v) is 12.2. The van der Waals surface area contributed by atoms with Crippen LogP contribution in [0.5, 0.6) is 0 Å². The number of sulfonamides is 1. The normalized spacial score (nSPS) is 18.1. The van der Waals surface area contributed by atoms with E-state index in [9.17, 15) is 8.42 Å². The summed E-state index contributed by atoms with van der Waals surface area (Å²) in [4.78, 5) is 0.305. The van der Waals surface area contributed by atoms with Crippen molar-refractivity contribution < 1.29 is 12.8 Å². The fraction of sp³-hybridized carbons (Fsp3) is 0.636. The molecule has 18 heavy (non-hydrogen) atoms. The summed E-state index contributed by atoms with van der Waals surface area (Å²) >= 11 is 1.79. The molecule has 5 nitrogen and oxygen atoms in total. The molecule has 0 bridgehead atoms. The van der Waals surface area contributed by atoms with E-state index in [-0.39, 0.29) is 0 Å². The van der Waals surface area contributed by atoms with E-state index >= 15 is 0 Å². The van der Waals surface area contributed by atoms with E-state index in [1.165, 1.54) is 0 Å². The molecular weight excluding hydrogens is 272 g/mol. The quantitative estimate of drug-likeness (QED) is 0.898. The number of hydrogen-bond acceptors (Lipinski definition) is 5. The molecular formula is C11H18N2O3S2. The molecule has 2 rings (SSSR count). The van der Waals surface area contributed by atoms with Gasteiger partial charge in [-0.3, -0.25) is 0 Å². The summed E-state index contributed by atoms with van der Waals surface area (Å²) in [6.07, 6.45) is 0. The largest absolute Gasteiger partial charge is 0.464 e. The maximum Gasteiger partial charge on any atom is 0.246 e. The molecule has 1 fully saturated rings. The Hall–Kier alpha value is -0.500. The summed E-state index contributed by atoms with van der Waals surface area (Å²) in [6.45, 7) is 3.40. The Bertz CT molecular complexity index is 504. The monoisotopic (exact) mass is 290 g/mol. The van der Waals surface area contributed by atoms with Crippen LogP contribution in [-0.4, -0.2) is 44.4 Å². The maximum absolute atomic E-state index is 12.5. The smallest absolute Gasteiger partial charge is 0.246 e. The average molecular weight is 290 g/mol. The lowest BCUT2D eigenvalue weighted by molar-refractivity contribution is 0.437. The number of aryl methyl sites for hydroxylation is 1. The maximum atomic E-state index is 12.5. The van der Waals surface area contributed by atoms with Gasteiger partial charge in [0.1, 0.15) is 16.4 Å². The van der Waals surface area contributed by atoms with Crippen molar-refractivity contribution >= 4 is 21.8 Å². The number of furan rings is 1. The van der Waals surface area contributed by atoms with Crippen LogP contribution in [0.25, 0.3) is 0 Å². The summed E-state index contributed by atoms with van der Waals surface area (Å²) in [6, 6.07) is 1.63.